The minimum atomic E-state index is -0.515. The average molecular weight is 387 g/mol. The predicted octanol–water partition coefficient (Wildman–Crippen LogP) is 3.52. The van der Waals surface area contributed by atoms with Crippen molar-refractivity contribution in [3.8, 4) is 6.07 Å². The number of hydrogen-bond acceptors (Lipinski definition) is 7. The van der Waals surface area contributed by atoms with Gasteiger partial charge in [0.1, 0.15) is 0 Å². The van der Waals surface area contributed by atoms with Crippen LogP contribution in [0.4, 0.5) is 17.3 Å². The first-order chi connectivity index (χ1) is 14.1. The molecule has 0 aliphatic carbocycles. The Balaban J connectivity index is 1.71. The zero-order valence-corrected chi connectivity index (χ0v) is 15.5. The first-order valence-corrected chi connectivity index (χ1v) is 8.77. The van der Waals surface area contributed by atoms with Crippen LogP contribution in [0.2, 0.25) is 0 Å². The largest absolute Gasteiger partial charge is 0.462 e. The number of nitriles is 1. The van der Waals surface area contributed by atoms with Crippen molar-refractivity contribution in [3.63, 3.8) is 0 Å². The van der Waals surface area contributed by atoms with Gasteiger partial charge in [0.25, 0.3) is 5.91 Å². The number of nitrogens with one attached hydrogen (secondary N) is 2. The van der Waals surface area contributed by atoms with Crippen LogP contribution in [0.3, 0.4) is 0 Å². The van der Waals surface area contributed by atoms with E-state index in [1.165, 1.54) is 12.4 Å². The molecule has 0 saturated heterocycles. The number of aromatic nitrogens is 2. The van der Waals surface area contributed by atoms with Gasteiger partial charge < -0.3 is 15.4 Å². The van der Waals surface area contributed by atoms with E-state index in [2.05, 4.69) is 26.7 Å². The summed E-state index contributed by atoms with van der Waals surface area (Å²) >= 11 is 0. The number of anilines is 3. The van der Waals surface area contributed by atoms with E-state index < -0.39 is 11.9 Å². The molecule has 3 aromatic rings. The summed E-state index contributed by atoms with van der Waals surface area (Å²) in [6, 6.07) is 15.5. The number of nitrogens with zero attached hydrogens (tertiary/aromatic N) is 3. The molecule has 2 aromatic carbocycles. The summed E-state index contributed by atoms with van der Waals surface area (Å²) in [5, 5.41) is 14.6. The van der Waals surface area contributed by atoms with E-state index in [0.717, 1.165) is 0 Å². The Bertz CT molecular complexity index is 1070. The fraction of sp³-hybridized carbons (Fsp3) is 0.0952. The molecule has 0 spiro atoms. The molecule has 0 aliphatic rings. The number of carbonyl (C=O) groups is 2. The minimum Gasteiger partial charge on any atom is -0.462 e. The maximum Gasteiger partial charge on any atom is 0.340 e. The highest BCUT2D eigenvalue weighted by Gasteiger charge is 2.15. The number of amides is 1. The van der Waals surface area contributed by atoms with Gasteiger partial charge in [0.15, 0.2) is 0 Å². The summed E-state index contributed by atoms with van der Waals surface area (Å²) in [6.07, 6.45) is 2.73. The Morgan fingerprint density at radius 2 is 1.86 bits per heavy atom. The topological polar surface area (TPSA) is 117 Å². The van der Waals surface area contributed by atoms with Crippen LogP contribution in [0, 0.1) is 11.3 Å². The van der Waals surface area contributed by atoms with Crippen LogP contribution < -0.4 is 10.6 Å². The first kappa shape index (κ1) is 19.5. The molecule has 0 atom stereocenters. The van der Waals surface area contributed by atoms with Crippen molar-refractivity contribution in [2.24, 2.45) is 0 Å². The van der Waals surface area contributed by atoms with E-state index in [1.54, 1.807) is 55.5 Å². The number of carbonyl (C=O) groups excluding carboxylic acids is 2. The molecule has 29 heavy (non-hydrogen) atoms. The first-order valence-electron chi connectivity index (χ1n) is 8.77. The molecule has 0 fully saturated rings. The second-order valence-electron chi connectivity index (χ2n) is 5.83. The molecule has 0 radical (unpaired) electrons. The molecule has 8 nitrogen and oxygen atoms in total. The SMILES string of the molecule is CCOC(=O)c1ccccc1NC(=O)c1cnc(Nc2cccc(C#N)c2)nc1. The highest BCUT2D eigenvalue weighted by Crippen LogP contribution is 2.18. The number of para-hydroxylation sites is 1. The standard InChI is InChI=1S/C21H17N5O3/c1-2-29-20(28)17-8-3-4-9-18(17)26-19(27)15-12-23-21(24-13-15)25-16-7-5-6-14(10-16)11-22/h3-10,12-13H,2H2,1H3,(H,26,27)(H,23,24,25). The summed E-state index contributed by atoms with van der Waals surface area (Å²) in [5.74, 6) is -0.692. The number of benzene rings is 2. The molecule has 0 aliphatic heterocycles. The lowest BCUT2D eigenvalue weighted by atomic mass is 10.1. The average Bonchev–Trinajstić information content (AvgIpc) is 2.75. The monoisotopic (exact) mass is 387 g/mol. The zero-order chi connectivity index (χ0) is 20.6. The van der Waals surface area contributed by atoms with Crippen LogP contribution in [0.5, 0.6) is 0 Å². The van der Waals surface area contributed by atoms with Crippen LogP contribution in [0.1, 0.15) is 33.2 Å². The molecule has 0 bridgehead atoms. The summed E-state index contributed by atoms with van der Waals surface area (Å²) in [7, 11) is 0. The van der Waals surface area contributed by atoms with Gasteiger partial charge in [-0.15, -0.1) is 0 Å². The maximum atomic E-state index is 12.5. The third kappa shape index (κ3) is 4.93. The normalized spacial score (nSPS) is 9.93. The van der Waals surface area contributed by atoms with Gasteiger partial charge in [-0.3, -0.25) is 4.79 Å². The van der Waals surface area contributed by atoms with Crippen molar-refractivity contribution in [1.29, 1.82) is 5.26 Å². The summed E-state index contributed by atoms with van der Waals surface area (Å²) in [5.41, 5.74) is 1.99. The number of rotatable bonds is 6. The molecule has 144 valence electrons. The van der Waals surface area contributed by atoms with Crippen molar-refractivity contribution >= 4 is 29.2 Å². The third-order valence-corrected chi connectivity index (χ3v) is 3.83. The minimum absolute atomic E-state index is 0.222. The lowest BCUT2D eigenvalue weighted by Gasteiger charge is -2.10. The zero-order valence-electron chi connectivity index (χ0n) is 15.5. The second-order valence-corrected chi connectivity index (χ2v) is 5.83. The maximum absolute atomic E-state index is 12.5. The molecule has 0 saturated carbocycles. The van der Waals surface area contributed by atoms with Crippen molar-refractivity contribution in [1.82, 2.24) is 9.97 Å². The number of hydrogen-bond donors (Lipinski definition) is 2. The fourth-order valence-electron chi connectivity index (χ4n) is 2.48. The molecule has 1 aromatic heterocycles. The molecule has 0 unspecified atom stereocenters. The molecule has 1 heterocycles. The Morgan fingerprint density at radius 3 is 2.59 bits per heavy atom. The lowest BCUT2D eigenvalue weighted by Crippen LogP contribution is -2.16. The highest BCUT2D eigenvalue weighted by atomic mass is 16.5. The van der Waals surface area contributed by atoms with Gasteiger partial charge in [-0.2, -0.15) is 5.26 Å². The van der Waals surface area contributed by atoms with E-state index in [4.69, 9.17) is 10.00 Å². The highest BCUT2D eigenvalue weighted by molar-refractivity contribution is 6.07. The van der Waals surface area contributed by atoms with Crippen molar-refractivity contribution in [2.75, 3.05) is 17.2 Å². The smallest absolute Gasteiger partial charge is 0.340 e. The summed E-state index contributed by atoms with van der Waals surface area (Å²) in [4.78, 5) is 32.8. The third-order valence-electron chi connectivity index (χ3n) is 3.83. The van der Waals surface area contributed by atoms with Crippen LogP contribution in [0.25, 0.3) is 0 Å². The number of esters is 1. The molecular weight excluding hydrogens is 370 g/mol. The van der Waals surface area contributed by atoms with E-state index >= 15 is 0 Å². The number of ether oxygens (including phenoxy) is 1. The molecule has 8 heteroatoms. The van der Waals surface area contributed by atoms with Gasteiger partial charge in [-0.05, 0) is 37.3 Å². The molecular formula is C21H17N5O3. The second kappa shape index (κ2) is 9.10. The predicted molar refractivity (Wildman–Crippen MR) is 107 cm³/mol. The Morgan fingerprint density at radius 1 is 1.10 bits per heavy atom. The van der Waals surface area contributed by atoms with Crippen LogP contribution >= 0.6 is 0 Å². The van der Waals surface area contributed by atoms with E-state index in [0.29, 0.717) is 16.9 Å². The lowest BCUT2D eigenvalue weighted by molar-refractivity contribution is 0.0527. The Labute approximate surface area is 167 Å². The van der Waals surface area contributed by atoms with Gasteiger partial charge in [0, 0.05) is 18.1 Å². The fourth-order valence-corrected chi connectivity index (χ4v) is 2.48. The summed E-state index contributed by atoms with van der Waals surface area (Å²) in [6.45, 7) is 1.95. The Hall–Kier alpha value is -4.25. The molecule has 3 rings (SSSR count). The molecule has 1 amide bonds. The van der Waals surface area contributed by atoms with Crippen molar-refractivity contribution < 1.29 is 14.3 Å². The van der Waals surface area contributed by atoms with Gasteiger partial charge in [0.2, 0.25) is 5.95 Å². The van der Waals surface area contributed by atoms with Gasteiger partial charge in [0.05, 0.1) is 35.1 Å². The van der Waals surface area contributed by atoms with Crippen molar-refractivity contribution in [3.05, 3.63) is 77.6 Å². The molecule has 2 N–H and O–H groups in total. The van der Waals surface area contributed by atoms with Crippen LogP contribution in [-0.4, -0.2) is 28.5 Å². The van der Waals surface area contributed by atoms with Gasteiger partial charge in [-0.1, -0.05) is 18.2 Å². The Kier molecular flexibility index (Phi) is 6.12. The van der Waals surface area contributed by atoms with E-state index in [-0.39, 0.29) is 23.7 Å². The van der Waals surface area contributed by atoms with Gasteiger partial charge in [-0.25, -0.2) is 14.8 Å². The summed E-state index contributed by atoms with van der Waals surface area (Å²) < 4.78 is 5.00. The van der Waals surface area contributed by atoms with Crippen LogP contribution in [0.15, 0.2) is 60.9 Å². The van der Waals surface area contributed by atoms with Gasteiger partial charge >= 0.3 is 5.97 Å². The van der Waals surface area contributed by atoms with E-state index in [9.17, 15) is 9.59 Å². The quantitative estimate of drug-likeness (QED) is 0.621. The van der Waals surface area contributed by atoms with E-state index in [1.807, 2.05) is 0 Å². The van der Waals surface area contributed by atoms with Crippen LogP contribution in [-0.2, 0) is 4.74 Å². The van der Waals surface area contributed by atoms with Crippen molar-refractivity contribution in [2.45, 2.75) is 6.92 Å².